The van der Waals surface area contributed by atoms with Crippen LogP contribution >= 0.6 is 0 Å². The number of carbonyl (C=O) groups is 2. The van der Waals surface area contributed by atoms with Gasteiger partial charge < -0.3 is 15.2 Å². The predicted molar refractivity (Wildman–Crippen MR) is 48.8 cm³/mol. The molecule has 5 heteroatoms. The van der Waals surface area contributed by atoms with Crippen LogP contribution in [0.5, 0.6) is 0 Å². The normalized spacial score (nSPS) is 16.9. The molecule has 1 amide bonds. The van der Waals surface area contributed by atoms with Crippen molar-refractivity contribution in [1.82, 2.24) is 5.32 Å². The lowest BCUT2D eigenvalue weighted by molar-refractivity contribution is -0.139. The molecule has 1 saturated carbocycles. The summed E-state index contributed by atoms with van der Waals surface area (Å²) in [6, 6.07) is -0.813. The average molecular weight is 199 g/mol. The fourth-order valence-electron chi connectivity index (χ4n) is 1.11. The summed E-state index contributed by atoms with van der Waals surface area (Å²) in [5.74, 6) is -0.952. The van der Waals surface area contributed by atoms with Crippen molar-refractivity contribution in [3.63, 3.8) is 0 Å². The van der Waals surface area contributed by atoms with Crippen molar-refractivity contribution in [3.05, 3.63) is 12.7 Å². The van der Waals surface area contributed by atoms with Gasteiger partial charge in [0.2, 0.25) is 0 Å². The van der Waals surface area contributed by atoms with E-state index in [0.717, 1.165) is 12.8 Å². The molecule has 1 atom stereocenters. The van der Waals surface area contributed by atoms with Crippen molar-refractivity contribution < 1.29 is 19.4 Å². The van der Waals surface area contributed by atoms with Gasteiger partial charge in [-0.15, -0.1) is 0 Å². The van der Waals surface area contributed by atoms with Gasteiger partial charge in [0.1, 0.15) is 12.6 Å². The van der Waals surface area contributed by atoms with Gasteiger partial charge in [0.25, 0.3) is 0 Å². The topological polar surface area (TPSA) is 75.6 Å². The fourth-order valence-corrected chi connectivity index (χ4v) is 1.11. The average Bonchev–Trinajstić information content (AvgIpc) is 2.93. The molecule has 78 valence electrons. The van der Waals surface area contributed by atoms with Crippen LogP contribution in [-0.4, -0.2) is 29.8 Å². The Bertz CT molecular complexity index is 247. The van der Waals surface area contributed by atoms with Crippen LogP contribution in [0.3, 0.4) is 0 Å². The van der Waals surface area contributed by atoms with Crippen LogP contribution in [0.25, 0.3) is 0 Å². The van der Waals surface area contributed by atoms with Gasteiger partial charge in [-0.05, 0) is 18.8 Å². The Hall–Kier alpha value is -1.52. The number of rotatable bonds is 5. The number of carbonyl (C=O) groups excluding carboxylic acids is 1. The van der Waals surface area contributed by atoms with E-state index >= 15 is 0 Å². The summed E-state index contributed by atoms with van der Waals surface area (Å²) in [4.78, 5) is 21.7. The van der Waals surface area contributed by atoms with E-state index in [-0.39, 0.29) is 12.5 Å². The molecule has 0 bridgehead atoms. The Balaban J connectivity index is 2.34. The molecule has 0 aromatic rings. The lowest BCUT2D eigenvalue weighted by Gasteiger charge is -2.12. The number of carboxylic acid groups (broad SMARTS) is 1. The molecule has 0 spiro atoms. The first-order valence-electron chi connectivity index (χ1n) is 4.42. The van der Waals surface area contributed by atoms with E-state index in [4.69, 9.17) is 5.11 Å². The van der Waals surface area contributed by atoms with Gasteiger partial charge in [-0.2, -0.15) is 0 Å². The quantitative estimate of drug-likeness (QED) is 0.641. The second-order valence-electron chi connectivity index (χ2n) is 3.18. The Labute approximate surface area is 81.7 Å². The molecule has 0 heterocycles. The molecule has 0 aromatic carbocycles. The number of amides is 1. The summed E-state index contributed by atoms with van der Waals surface area (Å²) in [7, 11) is 0. The first-order valence-corrected chi connectivity index (χ1v) is 4.42. The van der Waals surface area contributed by atoms with E-state index in [2.05, 4.69) is 16.6 Å². The zero-order chi connectivity index (χ0) is 10.6. The highest BCUT2D eigenvalue weighted by molar-refractivity contribution is 5.80. The molecule has 5 nitrogen and oxygen atoms in total. The maximum Gasteiger partial charge on any atom is 0.408 e. The minimum absolute atomic E-state index is 0.0591. The van der Waals surface area contributed by atoms with Crippen LogP contribution in [0.4, 0.5) is 4.79 Å². The van der Waals surface area contributed by atoms with Gasteiger partial charge >= 0.3 is 12.1 Å². The number of aliphatic carboxylic acids is 1. The van der Waals surface area contributed by atoms with Crippen LogP contribution < -0.4 is 5.32 Å². The highest BCUT2D eigenvalue weighted by Gasteiger charge is 2.37. The lowest BCUT2D eigenvalue weighted by Crippen LogP contribution is -2.42. The molecule has 0 saturated heterocycles. The van der Waals surface area contributed by atoms with Gasteiger partial charge in [0.05, 0.1) is 0 Å². The third-order valence-corrected chi connectivity index (χ3v) is 1.97. The number of hydrogen-bond acceptors (Lipinski definition) is 3. The number of ether oxygens (including phenoxy) is 1. The standard InChI is InChI=1S/C9H13NO4/c1-2-5-14-9(13)10-7(8(11)12)6-3-4-6/h2,6-7H,1,3-5H2,(H,10,13)(H,11,12). The van der Waals surface area contributed by atoms with Gasteiger partial charge in [0.15, 0.2) is 0 Å². The Kier molecular flexibility index (Phi) is 3.50. The zero-order valence-electron chi connectivity index (χ0n) is 7.73. The van der Waals surface area contributed by atoms with E-state index in [1.54, 1.807) is 0 Å². The van der Waals surface area contributed by atoms with Gasteiger partial charge in [-0.3, -0.25) is 0 Å². The van der Waals surface area contributed by atoms with Crippen molar-refractivity contribution in [2.75, 3.05) is 6.61 Å². The fraction of sp³-hybridized carbons (Fsp3) is 0.556. The molecule has 1 unspecified atom stereocenters. The van der Waals surface area contributed by atoms with Crippen LogP contribution in [0.15, 0.2) is 12.7 Å². The van der Waals surface area contributed by atoms with Crippen LogP contribution in [0.2, 0.25) is 0 Å². The summed E-state index contributed by atoms with van der Waals surface area (Å²) in [6.07, 6.45) is 2.41. The maximum absolute atomic E-state index is 11.0. The molecule has 14 heavy (non-hydrogen) atoms. The minimum Gasteiger partial charge on any atom is -0.480 e. The third kappa shape index (κ3) is 3.08. The highest BCUT2D eigenvalue weighted by Crippen LogP contribution is 2.32. The largest absolute Gasteiger partial charge is 0.480 e. The number of carboxylic acids is 1. The van der Waals surface area contributed by atoms with Crippen molar-refractivity contribution in [1.29, 1.82) is 0 Å². The molecule has 1 fully saturated rings. The van der Waals surface area contributed by atoms with Gasteiger partial charge in [-0.1, -0.05) is 12.7 Å². The number of alkyl carbamates (subject to hydrolysis) is 1. The van der Waals surface area contributed by atoms with Crippen LogP contribution in [-0.2, 0) is 9.53 Å². The molecule has 0 aliphatic heterocycles. The SMILES string of the molecule is C=CCOC(=O)NC(C(=O)O)C1CC1. The summed E-state index contributed by atoms with van der Waals surface area (Å²) in [6.45, 7) is 3.46. The molecular formula is C9H13NO4. The van der Waals surface area contributed by atoms with E-state index in [9.17, 15) is 9.59 Å². The van der Waals surface area contributed by atoms with E-state index in [0.29, 0.717) is 0 Å². The molecule has 0 radical (unpaired) electrons. The molecule has 1 rings (SSSR count). The first-order chi connectivity index (χ1) is 6.65. The molecule has 1 aliphatic carbocycles. The second kappa shape index (κ2) is 4.64. The Morgan fingerprint density at radius 1 is 1.64 bits per heavy atom. The van der Waals surface area contributed by atoms with Crippen molar-refractivity contribution in [2.45, 2.75) is 18.9 Å². The predicted octanol–water partition coefficient (Wildman–Crippen LogP) is 0.762. The van der Waals surface area contributed by atoms with Crippen molar-refractivity contribution >= 4 is 12.1 Å². The summed E-state index contributed by atoms with van der Waals surface area (Å²) in [5, 5.41) is 11.1. The smallest absolute Gasteiger partial charge is 0.408 e. The number of hydrogen-bond donors (Lipinski definition) is 2. The summed E-state index contributed by atoms with van der Waals surface area (Å²) >= 11 is 0. The van der Waals surface area contributed by atoms with Gasteiger partial charge in [0, 0.05) is 0 Å². The van der Waals surface area contributed by atoms with E-state index < -0.39 is 18.1 Å². The highest BCUT2D eigenvalue weighted by atomic mass is 16.5. The minimum atomic E-state index is -1.01. The van der Waals surface area contributed by atoms with Crippen molar-refractivity contribution in [3.8, 4) is 0 Å². The monoisotopic (exact) mass is 199 g/mol. The van der Waals surface area contributed by atoms with E-state index in [1.165, 1.54) is 6.08 Å². The lowest BCUT2D eigenvalue weighted by atomic mass is 10.2. The molecule has 2 N–H and O–H groups in total. The second-order valence-corrected chi connectivity index (χ2v) is 3.18. The maximum atomic E-state index is 11.0. The summed E-state index contributed by atoms with van der Waals surface area (Å²) < 4.78 is 4.62. The number of nitrogens with one attached hydrogen (secondary N) is 1. The zero-order valence-corrected chi connectivity index (χ0v) is 7.73. The molecule has 0 aromatic heterocycles. The van der Waals surface area contributed by atoms with E-state index in [1.807, 2.05) is 0 Å². The first kappa shape index (κ1) is 10.6. The van der Waals surface area contributed by atoms with Gasteiger partial charge in [-0.25, -0.2) is 9.59 Å². The molecule has 1 aliphatic rings. The Morgan fingerprint density at radius 3 is 2.71 bits per heavy atom. The third-order valence-electron chi connectivity index (χ3n) is 1.97. The summed E-state index contributed by atoms with van der Waals surface area (Å²) in [5.41, 5.74) is 0. The Morgan fingerprint density at radius 2 is 2.29 bits per heavy atom. The van der Waals surface area contributed by atoms with Crippen LogP contribution in [0.1, 0.15) is 12.8 Å². The van der Waals surface area contributed by atoms with Crippen LogP contribution in [0, 0.1) is 5.92 Å². The molecular weight excluding hydrogens is 186 g/mol. The van der Waals surface area contributed by atoms with Crippen molar-refractivity contribution in [2.24, 2.45) is 5.92 Å².